The fraction of sp³-hybridized carbons (Fsp3) is 0.524. The molecule has 1 heterocycles. The maximum Gasteiger partial charge on any atom is 0.251 e. The van der Waals surface area contributed by atoms with Crippen molar-refractivity contribution in [1.29, 1.82) is 0 Å². The highest BCUT2D eigenvalue weighted by Gasteiger charge is 2.19. The standard InChI is InChI=1S/C21H33N5O2/c1-4-22-21(25-18-9-13-26(14-10-18)15-16(2)3)24-12-11-23-20(28)17-5-7-19(27)8-6-17/h5-8,18,27H,2,4,9-15H2,1,3H3,(H,23,28)(H2,22,24,25). The lowest BCUT2D eigenvalue weighted by Crippen LogP contribution is -2.49. The number of carbonyl (C=O) groups is 1. The lowest BCUT2D eigenvalue weighted by Gasteiger charge is -2.33. The number of aliphatic imine (C=N–C) groups is 1. The first kappa shape index (κ1) is 21.8. The van der Waals surface area contributed by atoms with Crippen LogP contribution in [0.2, 0.25) is 0 Å². The molecule has 1 amide bonds. The van der Waals surface area contributed by atoms with Gasteiger partial charge in [-0.3, -0.25) is 14.7 Å². The molecule has 1 aromatic rings. The van der Waals surface area contributed by atoms with E-state index >= 15 is 0 Å². The summed E-state index contributed by atoms with van der Waals surface area (Å²) >= 11 is 0. The number of nitrogens with one attached hydrogen (secondary N) is 3. The van der Waals surface area contributed by atoms with Crippen molar-refractivity contribution in [3.05, 3.63) is 42.0 Å². The Bertz CT molecular complexity index is 664. The molecule has 0 atom stereocenters. The molecule has 0 aromatic heterocycles. The van der Waals surface area contributed by atoms with Crippen molar-refractivity contribution < 1.29 is 9.90 Å². The van der Waals surface area contributed by atoms with Crippen LogP contribution < -0.4 is 16.0 Å². The fourth-order valence-corrected chi connectivity index (χ4v) is 3.18. The highest BCUT2D eigenvalue weighted by molar-refractivity contribution is 5.94. The minimum Gasteiger partial charge on any atom is -0.508 e. The van der Waals surface area contributed by atoms with Crippen LogP contribution in [0.15, 0.2) is 41.4 Å². The van der Waals surface area contributed by atoms with Crippen molar-refractivity contribution in [3.8, 4) is 5.75 Å². The van der Waals surface area contributed by atoms with E-state index in [-0.39, 0.29) is 11.7 Å². The van der Waals surface area contributed by atoms with Gasteiger partial charge in [0.15, 0.2) is 5.96 Å². The number of likely N-dealkylation sites (tertiary alicyclic amines) is 1. The molecule has 2 rings (SSSR count). The molecule has 0 radical (unpaired) electrons. The lowest BCUT2D eigenvalue weighted by atomic mass is 10.0. The third-order valence-electron chi connectivity index (χ3n) is 4.56. The zero-order chi connectivity index (χ0) is 20.4. The number of piperidine rings is 1. The predicted octanol–water partition coefficient (Wildman–Crippen LogP) is 1.72. The summed E-state index contributed by atoms with van der Waals surface area (Å²) in [6.45, 7) is 12.9. The van der Waals surface area contributed by atoms with Gasteiger partial charge in [-0.1, -0.05) is 12.2 Å². The molecule has 28 heavy (non-hydrogen) atoms. The summed E-state index contributed by atoms with van der Waals surface area (Å²) < 4.78 is 0. The number of guanidine groups is 1. The average molecular weight is 388 g/mol. The molecule has 7 heteroatoms. The highest BCUT2D eigenvalue weighted by atomic mass is 16.3. The van der Waals surface area contributed by atoms with E-state index in [1.807, 2.05) is 6.92 Å². The molecule has 1 aromatic carbocycles. The number of nitrogens with zero attached hydrogens (tertiary/aromatic N) is 2. The quantitative estimate of drug-likeness (QED) is 0.236. The zero-order valence-corrected chi connectivity index (χ0v) is 17.0. The Labute approximate surface area is 167 Å². The summed E-state index contributed by atoms with van der Waals surface area (Å²) in [7, 11) is 0. The van der Waals surface area contributed by atoms with E-state index in [9.17, 15) is 9.90 Å². The van der Waals surface area contributed by atoms with Gasteiger partial charge in [0, 0.05) is 44.3 Å². The van der Waals surface area contributed by atoms with Crippen LogP contribution in [0.5, 0.6) is 5.75 Å². The maximum absolute atomic E-state index is 12.1. The largest absolute Gasteiger partial charge is 0.508 e. The number of hydrogen-bond acceptors (Lipinski definition) is 4. The van der Waals surface area contributed by atoms with Crippen molar-refractivity contribution in [1.82, 2.24) is 20.9 Å². The minimum atomic E-state index is -0.168. The molecular weight excluding hydrogens is 354 g/mol. The van der Waals surface area contributed by atoms with Gasteiger partial charge in [0.05, 0.1) is 6.54 Å². The third kappa shape index (κ3) is 7.60. The third-order valence-corrected chi connectivity index (χ3v) is 4.56. The van der Waals surface area contributed by atoms with Gasteiger partial charge in [-0.15, -0.1) is 0 Å². The van der Waals surface area contributed by atoms with Gasteiger partial charge < -0.3 is 21.1 Å². The smallest absolute Gasteiger partial charge is 0.251 e. The van der Waals surface area contributed by atoms with Crippen LogP contribution in [0.3, 0.4) is 0 Å². The van der Waals surface area contributed by atoms with Crippen molar-refractivity contribution >= 4 is 11.9 Å². The van der Waals surface area contributed by atoms with Crippen LogP contribution in [0.25, 0.3) is 0 Å². The number of amides is 1. The van der Waals surface area contributed by atoms with Crippen molar-refractivity contribution in [2.75, 3.05) is 39.3 Å². The number of benzene rings is 1. The van der Waals surface area contributed by atoms with Crippen LogP contribution in [0.4, 0.5) is 0 Å². The van der Waals surface area contributed by atoms with Crippen LogP contribution in [-0.4, -0.2) is 67.2 Å². The number of carbonyl (C=O) groups excluding carboxylic acids is 1. The van der Waals surface area contributed by atoms with Crippen LogP contribution in [-0.2, 0) is 0 Å². The molecule has 0 aliphatic carbocycles. The lowest BCUT2D eigenvalue weighted by molar-refractivity contribution is 0.0955. The molecule has 0 unspecified atom stereocenters. The maximum atomic E-state index is 12.1. The molecule has 1 saturated heterocycles. The van der Waals surface area contributed by atoms with Crippen LogP contribution in [0, 0.1) is 0 Å². The Kier molecular flexibility index (Phi) is 8.81. The van der Waals surface area contributed by atoms with E-state index in [0.717, 1.165) is 45.0 Å². The Morgan fingerprint density at radius 3 is 2.54 bits per heavy atom. The first-order valence-corrected chi connectivity index (χ1v) is 9.96. The molecule has 4 N–H and O–H groups in total. The molecule has 1 aliphatic heterocycles. The van der Waals surface area contributed by atoms with Gasteiger partial charge in [-0.05, 0) is 51.0 Å². The molecule has 0 saturated carbocycles. The van der Waals surface area contributed by atoms with Gasteiger partial charge in [-0.25, -0.2) is 0 Å². The highest BCUT2D eigenvalue weighted by Crippen LogP contribution is 2.11. The molecular formula is C21H33N5O2. The van der Waals surface area contributed by atoms with Crippen LogP contribution in [0.1, 0.15) is 37.0 Å². The van der Waals surface area contributed by atoms with Crippen molar-refractivity contribution in [3.63, 3.8) is 0 Å². The summed E-state index contributed by atoms with van der Waals surface area (Å²) in [6.07, 6.45) is 2.16. The van der Waals surface area contributed by atoms with E-state index in [1.54, 1.807) is 12.1 Å². The van der Waals surface area contributed by atoms with E-state index in [1.165, 1.54) is 17.7 Å². The Morgan fingerprint density at radius 2 is 1.93 bits per heavy atom. The average Bonchev–Trinajstić information content (AvgIpc) is 2.67. The van der Waals surface area contributed by atoms with Gasteiger partial charge in [0.1, 0.15) is 5.75 Å². The Morgan fingerprint density at radius 1 is 1.25 bits per heavy atom. The van der Waals surface area contributed by atoms with E-state index in [4.69, 9.17) is 0 Å². The van der Waals surface area contributed by atoms with E-state index in [2.05, 4.69) is 39.3 Å². The van der Waals surface area contributed by atoms with Crippen LogP contribution >= 0.6 is 0 Å². The first-order valence-electron chi connectivity index (χ1n) is 9.96. The predicted molar refractivity (Wildman–Crippen MR) is 114 cm³/mol. The van der Waals surface area contributed by atoms with Gasteiger partial charge in [0.25, 0.3) is 5.91 Å². The normalized spacial score (nSPS) is 15.9. The molecule has 0 bridgehead atoms. The number of phenolic OH excluding ortho intramolecular Hbond substituents is 1. The number of hydrogen-bond donors (Lipinski definition) is 4. The first-order chi connectivity index (χ1) is 13.5. The van der Waals surface area contributed by atoms with Gasteiger partial charge >= 0.3 is 0 Å². The minimum absolute atomic E-state index is 0.146. The second kappa shape index (κ2) is 11.3. The van der Waals surface area contributed by atoms with E-state index in [0.29, 0.717) is 24.7 Å². The summed E-state index contributed by atoms with van der Waals surface area (Å²) in [5, 5.41) is 18.9. The summed E-state index contributed by atoms with van der Waals surface area (Å²) in [4.78, 5) is 19.1. The summed E-state index contributed by atoms with van der Waals surface area (Å²) in [6, 6.07) is 6.61. The van der Waals surface area contributed by atoms with Crippen molar-refractivity contribution in [2.24, 2.45) is 4.99 Å². The second-order valence-electron chi connectivity index (χ2n) is 7.22. The number of aromatic hydroxyl groups is 1. The Balaban J connectivity index is 1.75. The van der Waals surface area contributed by atoms with E-state index < -0.39 is 0 Å². The SMILES string of the molecule is C=C(C)CN1CCC(NC(=NCCNC(=O)c2ccc(O)cc2)NCC)CC1. The summed E-state index contributed by atoms with van der Waals surface area (Å²) in [5.74, 6) is 0.769. The topological polar surface area (TPSA) is 89.0 Å². The Hall–Kier alpha value is -2.54. The van der Waals surface area contributed by atoms with Gasteiger partial charge in [0.2, 0.25) is 0 Å². The monoisotopic (exact) mass is 387 g/mol. The molecule has 154 valence electrons. The fourth-order valence-electron chi connectivity index (χ4n) is 3.18. The summed E-state index contributed by atoms with van der Waals surface area (Å²) in [5.41, 5.74) is 1.73. The number of phenols is 1. The zero-order valence-electron chi connectivity index (χ0n) is 17.0. The molecule has 1 fully saturated rings. The second-order valence-corrected chi connectivity index (χ2v) is 7.22. The number of rotatable bonds is 8. The van der Waals surface area contributed by atoms with Gasteiger partial charge in [-0.2, -0.15) is 0 Å². The molecule has 7 nitrogen and oxygen atoms in total. The van der Waals surface area contributed by atoms with Crippen molar-refractivity contribution in [2.45, 2.75) is 32.7 Å². The molecule has 0 spiro atoms. The molecule has 1 aliphatic rings.